The van der Waals surface area contributed by atoms with Crippen LogP contribution in [0.5, 0.6) is 0 Å². The number of aliphatic hydroxyl groups is 1. The molecule has 0 amide bonds. The molecule has 18 heavy (non-hydrogen) atoms. The Bertz CT molecular complexity index is 449. The molecular weight excluding hydrogens is 253 g/mol. The number of piperidine rings is 1. The lowest BCUT2D eigenvalue weighted by Crippen LogP contribution is -2.57. The minimum absolute atomic E-state index is 0.263. The SMILES string of the molecule is CC1(C)CNCCC1(O)Cc1cc(F)ccc1Cl. The number of nitrogens with one attached hydrogen (secondary N) is 1. The van der Waals surface area contributed by atoms with Crippen LogP contribution >= 0.6 is 11.6 Å². The van der Waals surface area contributed by atoms with E-state index in [1.165, 1.54) is 12.1 Å². The van der Waals surface area contributed by atoms with Gasteiger partial charge in [0.05, 0.1) is 5.60 Å². The van der Waals surface area contributed by atoms with Crippen molar-refractivity contribution in [2.45, 2.75) is 32.3 Å². The summed E-state index contributed by atoms with van der Waals surface area (Å²) in [5.41, 5.74) is -0.439. The van der Waals surface area contributed by atoms with Crippen molar-refractivity contribution in [3.8, 4) is 0 Å². The Morgan fingerprint density at radius 2 is 2.17 bits per heavy atom. The van der Waals surface area contributed by atoms with Gasteiger partial charge in [-0.25, -0.2) is 4.39 Å². The largest absolute Gasteiger partial charge is 0.389 e. The molecule has 1 atom stereocenters. The van der Waals surface area contributed by atoms with Gasteiger partial charge in [-0.05, 0) is 36.7 Å². The second-order valence-electron chi connectivity index (χ2n) is 5.75. The molecule has 1 aromatic carbocycles. The number of halogens is 2. The summed E-state index contributed by atoms with van der Waals surface area (Å²) >= 11 is 6.08. The molecule has 1 saturated heterocycles. The van der Waals surface area contributed by atoms with Crippen LogP contribution in [0.1, 0.15) is 25.8 Å². The monoisotopic (exact) mass is 271 g/mol. The fourth-order valence-corrected chi connectivity index (χ4v) is 2.70. The zero-order chi connectivity index (χ0) is 13.4. The van der Waals surface area contributed by atoms with E-state index >= 15 is 0 Å². The minimum atomic E-state index is -0.852. The third kappa shape index (κ3) is 2.53. The van der Waals surface area contributed by atoms with E-state index in [1.54, 1.807) is 6.07 Å². The van der Waals surface area contributed by atoms with E-state index in [0.717, 1.165) is 13.1 Å². The molecule has 0 saturated carbocycles. The Labute approximate surface area is 112 Å². The van der Waals surface area contributed by atoms with Gasteiger partial charge in [0.2, 0.25) is 0 Å². The van der Waals surface area contributed by atoms with Crippen molar-refractivity contribution in [1.29, 1.82) is 0 Å². The van der Waals surface area contributed by atoms with Gasteiger partial charge in [-0.15, -0.1) is 0 Å². The van der Waals surface area contributed by atoms with Gasteiger partial charge < -0.3 is 10.4 Å². The van der Waals surface area contributed by atoms with E-state index in [1.807, 2.05) is 13.8 Å². The van der Waals surface area contributed by atoms with Crippen LogP contribution in [0.4, 0.5) is 4.39 Å². The van der Waals surface area contributed by atoms with Crippen LogP contribution in [-0.4, -0.2) is 23.8 Å². The smallest absolute Gasteiger partial charge is 0.123 e. The lowest BCUT2D eigenvalue weighted by atomic mass is 9.68. The normalized spacial score (nSPS) is 27.2. The van der Waals surface area contributed by atoms with E-state index in [2.05, 4.69) is 5.32 Å². The zero-order valence-corrected chi connectivity index (χ0v) is 11.5. The van der Waals surface area contributed by atoms with Crippen molar-refractivity contribution in [2.24, 2.45) is 5.41 Å². The van der Waals surface area contributed by atoms with Crippen molar-refractivity contribution < 1.29 is 9.50 Å². The molecule has 2 nitrogen and oxygen atoms in total. The van der Waals surface area contributed by atoms with E-state index in [0.29, 0.717) is 23.4 Å². The average Bonchev–Trinajstić information content (AvgIpc) is 2.28. The zero-order valence-electron chi connectivity index (χ0n) is 10.8. The first kappa shape index (κ1) is 13.8. The summed E-state index contributed by atoms with van der Waals surface area (Å²) in [7, 11) is 0. The summed E-state index contributed by atoms with van der Waals surface area (Å²) in [6, 6.07) is 4.30. The van der Waals surface area contributed by atoms with Gasteiger partial charge in [0.1, 0.15) is 5.82 Å². The highest BCUT2D eigenvalue weighted by atomic mass is 35.5. The van der Waals surface area contributed by atoms with Crippen molar-refractivity contribution >= 4 is 11.6 Å². The maximum Gasteiger partial charge on any atom is 0.123 e. The Morgan fingerprint density at radius 3 is 2.83 bits per heavy atom. The fourth-order valence-electron chi connectivity index (χ4n) is 2.52. The summed E-state index contributed by atoms with van der Waals surface area (Å²) in [6.45, 7) is 5.56. The summed E-state index contributed by atoms with van der Waals surface area (Å²) in [4.78, 5) is 0. The number of hydrogen-bond donors (Lipinski definition) is 2. The molecule has 0 aliphatic carbocycles. The Morgan fingerprint density at radius 1 is 1.44 bits per heavy atom. The van der Waals surface area contributed by atoms with Crippen LogP contribution in [-0.2, 0) is 6.42 Å². The number of rotatable bonds is 2. The maximum atomic E-state index is 13.3. The van der Waals surface area contributed by atoms with Crippen LogP contribution in [0, 0.1) is 11.2 Å². The highest BCUT2D eigenvalue weighted by Crippen LogP contribution is 2.39. The third-order valence-electron chi connectivity index (χ3n) is 4.03. The molecule has 4 heteroatoms. The van der Waals surface area contributed by atoms with Crippen LogP contribution in [0.2, 0.25) is 5.02 Å². The fraction of sp³-hybridized carbons (Fsp3) is 0.571. The molecule has 1 aromatic rings. The van der Waals surface area contributed by atoms with Crippen molar-refractivity contribution in [1.82, 2.24) is 5.32 Å². The first-order valence-corrected chi connectivity index (χ1v) is 6.59. The molecule has 0 spiro atoms. The van der Waals surface area contributed by atoms with E-state index in [9.17, 15) is 9.50 Å². The van der Waals surface area contributed by atoms with E-state index in [4.69, 9.17) is 11.6 Å². The standard InChI is InChI=1S/C14H19ClFNO/c1-13(2)9-17-6-5-14(13,18)8-10-7-11(16)3-4-12(10)15/h3-4,7,17-18H,5-6,8-9H2,1-2H3. The molecule has 0 bridgehead atoms. The summed E-state index contributed by atoms with van der Waals surface area (Å²) < 4.78 is 13.3. The first-order valence-electron chi connectivity index (χ1n) is 6.21. The molecular formula is C14H19ClFNO. The highest BCUT2D eigenvalue weighted by molar-refractivity contribution is 6.31. The first-order chi connectivity index (χ1) is 8.34. The molecule has 0 aromatic heterocycles. The summed E-state index contributed by atoms with van der Waals surface area (Å²) in [6.07, 6.45) is 1.03. The second-order valence-corrected chi connectivity index (χ2v) is 6.16. The van der Waals surface area contributed by atoms with Gasteiger partial charge in [-0.1, -0.05) is 25.4 Å². The summed E-state index contributed by atoms with van der Waals surface area (Å²) in [5.74, 6) is -0.315. The number of hydrogen-bond acceptors (Lipinski definition) is 2. The molecule has 0 radical (unpaired) electrons. The van der Waals surface area contributed by atoms with Crippen molar-refractivity contribution in [2.75, 3.05) is 13.1 Å². The van der Waals surface area contributed by atoms with Gasteiger partial charge >= 0.3 is 0 Å². The van der Waals surface area contributed by atoms with E-state index in [-0.39, 0.29) is 11.2 Å². The van der Waals surface area contributed by atoms with Crippen LogP contribution < -0.4 is 5.32 Å². The average molecular weight is 272 g/mol. The molecule has 1 unspecified atom stereocenters. The molecule has 1 fully saturated rings. The summed E-state index contributed by atoms with van der Waals surface area (Å²) in [5, 5.41) is 14.6. The molecule has 1 aliphatic rings. The molecule has 2 N–H and O–H groups in total. The van der Waals surface area contributed by atoms with Crippen molar-refractivity contribution in [3.05, 3.63) is 34.6 Å². The molecule has 1 heterocycles. The lowest BCUT2D eigenvalue weighted by molar-refractivity contribution is -0.0869. The predicted octanol–water partition coefficient (Wildman–Crippen LogP) is 2.77. The molecule has 1 aliphatic heterocycles. The Balaban J connectivity index is 2.28. The van der Waals surface area contributed by atoms with Gasteiger partial charge in [0, 0.05) is 23.4 Å². The third-order valence-corrected chi connectivity index (χ3v) is 4.40. The predicted molar refractivity (Wildman–Crippen MR) is 71.3 cm³/mol. The lowest BCUT2D eigenvalue weighted by Gasteiger charge is -2.47. The Kier molecular flexibility index (Phi) is 3.67. The minimum Gasteiger partial charge on any atom is -0.389 e. The highest BCUT2D eigenvalue weighted by Gasteiger charge is 2.45. The molecule has 100 valence electrons. The van der Waals surface area contributed by atoms with Crippen molar-refractivity contribution in [3.63, 3.8) is 0 Å². The number of benzene rings is 1. The van der Waals surface area contributed by atoms with Gasteiger partial charge in [-0.3, -0.25) is 0 Å². The van der Waals surface area contributed by atoms with Gasteiger partial charge in [-0.2, -0.15) is 0 Å². The van der Waals surface area contributed by atoms with E-state index < -0.39 is 5.60 Å². The maximum absolute atomic E-state index is 13.3. The Hall–Kier alpha value is -0.640. The van der Waals surface area contributed by atoms with Gasteiger partial charge in [0.25, 0.3) is 0 Å². The van der Waals surface area contributed by atoms with Crippen LogP contribution in [0.3, 0.4) is 0 Å². The topological polar surface area (TPSA) is 32.3 Å². The van der Waals surface area contributed by atoms with Crippen LogP contribution in [0.25, 0.3) is 0 Å². The van der Waals surface area contributed by atoms with Crippen LogP contribution in [0.15, 0.2) is 18.2 Å². The molecule has 2 rings (SSSR count). The quantitative estimate of drug-likeness (QED) is 0.867. The second kappa shape index (κ2) is 4.80. The van der Waals surface area contributed by atoms with Gasteiger partial charge in [0.15, 0.2) is 0 Å².